The van der Waals surface area contributed by atoms with Crippen LogP contribution in [0.2, 0.25) is 5.02 Å². The Balaban J connectivity index is 1.73. The van der Waals surface area contributed by atoms with Crippen molar-refractivity contribution in [2.24, 2.45) is 5.92 Å². The number of rotatable bonds is 4. The van der Waals surface area contributed by atoms with Crippen LogP contribution in [0.25, 0.3) is 0 Å². The van der Waals surface area contributed by atoms with Crippen LogP contribution in [0.4, 0.5) is 5.69 Å². The largest absolute Gasteiger partial charge is 0.454 e. The molecule has 1 heterocycles. The van der Waals surface area contributed by atoms with E-state index >= 15 is 0 Å². The van der Waals surface area contributed by atoms with Crippen LogP contribution in [0, 0.1) is 5.92 Å². The zero-order chi connectivity index (χ0) is 11.8. The fraction of sp³-hybridized carbons (Fsp3) is 0.538. The van der Waals surface area contributed by atoms with Gasteiger partial charge in [0.2, 0.25) is 6.79 Å². The minimum atomic E-state index is 0.284. The molecule has 0 radical (unpaired) electrons. The number of anilines is 1. The highest BCUT2D eigenvalue weighted by Gasteiger charge is 2.24. The number of fused-ring (bicyclic) bond motifs is 1. The monoisotopic (exact) mass is 253 g/mol. The summed E-state index contributed by atoms with van der Waals surface area (Å²) in [6, 6.07) is 4.18. The number of hydrogen-bond acceptors (Lipinski definition) is 3. The lowest BCUT2D eigenvalue weighted by atomic mass is 10.1. The maximum atomic E-state index is 6.21. The molecule has 1 fully saturated rings. The molecule has 1 aromatic rings. The van der Waals surface area contributed by atoms with Crippen molar-refractivity contribution < 1.29 is 9.47 Å². The molecule has 0 amide bonds. The minimum absolute atomic E-state index is 0.284. The SMILES string of the molecule is CC(CC1CC1)Nc1cc2c(cc1Cl)OCO2. The summed E-state index contributed by atoms with van der Waals surface area (Å²) in [5.74, 6) is 2.41. The van der Waals surface area contributed by atoms with Gasteiger partial charge in [-0.2, -0.15) is 0 Å². The second-order valence-electron chi connectivity index (χ2n) is 4.91. The lowest BCUT2D eigenvalue weighted by Gasteiger charge is -2.16. The summed E-state index contributed by atoms with van der Waals surface area (Å²) in [7, 11) is 0. The van der Waals surface area contributed by atoms with Gasteiger partial charge in [-0.3, -0.25) is 0 Å². The van der Waals surface area contributed by atoms with Gasteiger partial charge >= 0.3 is 0 Å². The smallest absolute Gasteiger partial charge is 0.231 e. The number of ether oxygens (including phenoxy) is 2. The van der Waals surface area contributed by atoms with E-state index in [0.29, 0.717) is 11.1 Å². The molecule has 3 rings (SSSR count). The molecular formula is C13H16ClNO2. The zero-order valence-electron chi connectivity index (χ0n) is 9.83. The Morgan fingerprint density at radius 2 is 2.06 bits per heavy atom. The molecule has 1 aromatic carbocycles. The van der Waals surface area contributed by atoms with Gasteiger partial charge in [0, 0.05) is 18.2 Å². The molecule has 0 spiro atoms. The van der Waals surface area contributed by atoms with Crippen molar-refractivity contribution in [3.8, 4) is 11.5 Å². The normalized spacial score (nSPS) is 19.2. The number of halogens is 1. The van der Waals surface area contributed by atoms with Crippen molar-refractivity contribution >= 4 is 17.3 Å². The predicted molar refractivity (Wildman–Crippen MR) is 68.0 cm³/mol. The Morgan fingerprint density at radius 1 is 1.35 bits per heavy atom. The number of nitrogens with one attached hydrogen (secondary N) is 1. The third kappa shape index (κ3) is 2.44. The highest BCUT2D eigenvalue weighted by molar-refractivity contribution is 6.33. The van der Waals surface area contributed by atoms with Gasteiger partial charge in [-0.1, -0.05) is 24.4 Å². The molecule has 1 N–H and O–H groups in total. The second-order valence-corrected chi connectivity index (χ2v) is 5.32. The Morgan fingerprint density at radius 3 is 2.76 bits per heavy atom. The number of hydrogen-bond donors (Lipinski definition) is 1. The first-order valence-corrected chi connectivity index (χ1v) is 6.46. The molecule has 1 atom stereocenters. The standard InChI is InChI=1S/C13H16ClNO2/c1-8(4-9-2-3-9)15-11-6-13-12(5-10(11)14)16-7-17-13/h5-6,8-9,15H,2-4,7H2,1H3. The van der Waals surface area contributed by atoms with Gasteiger partial charge in [-0.25, -0.2) is 0 Å². The molecule has 0 saturated heterocycles. The Kier molecular flexibility index (Phi) is 2.79. The van der Waals surface area contributed by atoms with E-state index in [2.05, 4.69) is 12.2 Å². The average molecular weight is 254 g/mol. The Hall–Kier alpha value is -1.09. The lowest BCUT2D eigenvalue weighted by Crippen LogP contribution is -2.15. The highest BCUT2D eigenvalue weighted by atomic mass is 35.5. The molecule has 1 aliphatic heterocycles. The van der Waals surface area contributed by atoms with Gasteiger partial charge in [0.15, 0.2) is 11.5 Å². The first-order chi connectivity index (χ1) is 8.22. The molecule has 17 heavy (non-hydrogen) atoms. The van der Waals surface area contributed by atoms with Crippen LogP contribution in [-0.4, -0.2) is 12.8 Å². The summed E-state index contributed by atoms with van der Waals surface area (Å²) in [5, 5.41) is 4.14. The second kappa shape index (κ2) is 4.30. The number of benzene rings is 1. The van der Waals surface area contributed by atoms with E-state index in [1.54, 1.807) is 0 Å². The van der Waals surface area contributed by atoms with Crippen LogP contribution in [-0.2, 0) is 0 Å². The van der Waals surface area contributed by atoms with Crippen LogP contribution < -0.4 is 14.8 Å². The van der Waals surface area contributed by atoms with Crippen LogP contribution in [0.5, 0.6) is 11.5 Å². The average Bonchev–Trinajstić information content (AvgIpc) is 2.97. The molecule has 1 saturated carbocycles. The first kappa shape index (κ1) is 11.0. The topological polar surface area (TPSA) is 30.5 Å². The summed E-state index contributed by atoms with van der Waals surface area (Å²) in [5.41, 5.74) is 0.934. The molecule has 92 valence electrons. The third-order valence-corrected chi connectivity index (χ3v) is 3.56. The summed E-state index contributed by atoms with van der Waals surface area (Å²) in [4.78, 5) is 0. The van der Waals surface area contributed by atoms with Gasteiger partial charge < -0.3 is 14.8 Å². The fourth-order valence-corrected chi connectivity index (χ4v) is 2.41. The van der Waals surface area contributed by atoms with Gasteiger partial charge in [-0.15, -0.1) is 0 Å². The molecule has 4 heteroatoms. The molecule has 0 bridgehead atoms. The molecule has 1 unspecified atom stereocenters. The van der Waals surface area contributed by atoms with E-state index in [0.717, 1.165) is 23.1 Å². The molecule has 0 aromatic heterocycles. The Labute approximate surface area is 106 Å². The van der Waals surface area contributed by atoms with Gasteiger partial charge in [0.05, 0.1) is 10.7 Å². The molecular weight excluding hydrogens is 238 g/mol. The van der Waals surface area contributed by atoms with E-state index in [1.807, 2.05) is 12.1 Å². The minimum Gasteiger partial charge on any atom is -0.454 e. The van der Waals surface area contributed by atoms with E-state index in [-0.39, 0.29) is 6.79 Å². The van der Waals surface area contributed by atoms with Crippen molar-refractivity contribution in [1.82, 2.24) is 0 Å². The van der Waals surface area contributed by atoms with Crippen LogP contribution in [0.1, 0.15) is 26.2 Å². The van der Waals surface area contributed by atoms with Crippen molar-refractivity contribution in [2.45, 2.75) is 32.2 Å². The third-order valence-electron chi connectivity index (χ3n) is 3.25. The lowest BCUT2D eigenvalue weighted by molar-refractivity contribution is 0.174. The van der Waals surface area contributed by atoms with Crippen LogP contribution >= 0.6 is 11.6 Å². The quantitative estimate of drug-likeness (QED) is 0.888. The van der Waals surface area contributed by atoms with Gasteiger partial charge in [0.1, 0.15) is 0 Å². The van der Waals surface area contributed by atoms with E-state index < -0.39 is 0 Å². The maximum absolute atomic E-state index is 6.21. The maximum Gasteiger partial charge on any atom is 0.231 e. The summed E-state index contributed by atoms with van der Waals surface area (Å²) >= 11 is 6.21. The van der Waals surface area contributed by atoms with Crippen LogP contribution in [0.15, 0.2) is 12.1 Å². The van der Waals surface area contributed by atoms with Gasteiger partial charge in [-0.05, 0) is 19.3 Å². The molecule has 3 nitrogen and oxygen atoms in total. The first-order valence-electron chi connectivity index (χ1n) is 6.08. The van der Waals surface area contributed by atoms with E-state index in [1.165, 1.54) is 19.3 Å². The van der Waals surface area contributed by atoms with Crippen LogP contribution in [0.3, 0.4) is 0 Å². The summed E-state index contributed by atoms with van der Waals surface area (Å²) in [6.45, 7) is 2.48. The van der Waals surface area contributed by atoms with E-state index in [9.17, 15) is 0 Å². The van der Waals surface area contributed by atoms with Crippen molar-refractivity contribution in [2.75, 3.05) is 12.1 Å². The van der Waals surface area contributed by atoms with E-state index in [4.69, 9.17) is 21.1 Å². The van der Waals surface area contributed by atoms with Crippen molar-refractivity contribution in [3.05, 3.63) is 17.2 Å². The zero-order valence-corrected chi connectivity index (χ0v) is 10.6. The van der Waals surface area contributed by atoms with Crippen molar-refractivity contribution in [3.63, 3.8) is 0 Å². The highest BCUT2D eigenvalue weighted by Crippen LogP contribution is 2.40. The fourth-order valence-electron chi connectivity index (χ4n) is 2.21. The van der Waals surface area contributed by atoms with Gasteiger partial charge in [0.25, 0.3) is 0 Å². The Bertz CT molecular complexity index is 432. The summed E-state index contributed by atoms with van der Waals surface area (Å²) in [6.07, 6.45) is 3.96. The summed E-state index contributed by atoms with van der Waals surface area (Å²) < 4.78 is 10.6. The van der Waals surface area contributed by atoms with Crippen molar-refractivity contribution in [1.29, 1.82) is 0 Å². The molecule has 1 aliphatic carbocycles. The molecule has 2 aliphatic rings. The predicted octanol–water partition coefficient (Wildman–Crippen LogP) is 3.67.